The number of carbonyl (C=O) groups is 1. The number of ether oxygens (including phenoxy) is 1. The first-order valence-electron chi connectivity index (χ1n) is 8.73. The van der Waals surface area contributed by atoms with Crippen molar-refractivity contribution in [3.63, 3.8) is 0 Å². The van der Waals surface area contributed by atoms with Crippen LogP contribution >= 0.6 is 0 Å². The van der Waals surface area contributed by atoms with Crippen molar-refractivity contribution in [1.29, 1.82) is 10.5 Å². The molecular weight excluding hydrogens is 356 g/mol. The van der Waals surface area contributed by atoms with Gasteiger partial charge in [0.05, 0.1) is 30.5 Å². The highest BCUT2D eigenvalue weighted by Crippen LogP contribution is 2.47. The molecule has 0 atom stereocenters. The Morgan fingerprint density at radius 3 is 2.61 bits per heavy atom. The van der Waals surface area contributed by atoms with E-state index in [2.05, 4.69) is 21.5 Å². The van der Waals surface area contributed by atoms with Gasteiger partial charge in [-0.3, -0.25) is 4.79 Å². The van der Waals surface area contributed by atoms with E-state index in [0.29, 0.717) is 35.6 Å². The fraction of sp³-hybridized carbons (Fsp3) is 0.250. The molecule has 1 saturated carbocycles. The summed E-state index contributed by atoms with van der Waals surface area (Å²) in [6.45, 7) is -0.0479. The molecule has 1 amide bonds. The molecule has 1 fully saturated rings. The maximum atomic E-state index is 12.5. The van der Waals surface area contributed by atoms with Gasteiger partial charge in [0, 0.05) is 5.56 Å². The molecule has 2 aromatic heterocycles. The molecule has 4 rings (SSSR count). The predicted octanol–water partition coefficient (Wildman–Crippen LogP) is 1.95. The highest BCUT2D eigenvalue weighted by Gasteiger charge is 2.54. The second-order valence-corrected chi connectivity index (χ2v) is 6.57. The second kappa shape index (κ2) is 6.67. The zero-order valence-electron chi connectivity index (χ0n) is 15.1. The Kier molecular flexibility index (Phi) is 4.17. The average molecular weight is 372 g/mol. The van der Waals surface area contributed by atoms with Gasteiger partial charge in [-0.2, -0.15) is 10.5 Å². The van der Waals surface area contributed by atoms with Crippen molar-refractivity contribution >= 4 is 11.6 Å². The minimum atomic E-state index is -0.796. The van der Waals surface area contributed by atoms with Crippen LogP contribution in [-0.4, -0.2) is 34.2 Å². The Morgan fingerprint density at radius 2 is 2.00 bits per heavy atom. The highest BCUT2D eigenvalue weighted by atomic mass is 16.5. The van der Waals surface area contributed by atoms with Crippen LogP contribution in [0.4, 0.5) is 0 Å². The number of pyridine rings is 1. The summed E-state index contributed by atoms with van der Waals surface area (Å²) in [6, 6.07) is 14.8. The van der Waals surface area contributed by atoms with Crippen LogP contribution in [0.25, 0.3) is 16.9 Å². The van der Waals surface area contributed by atoms with Crippen LogP contribution in [0, 0.1) is 22.7 Å². The van der Waals surface area contributed by atoms with Gasteiger partial charge in [0.15, 0.2) is 17.2 Å². The molecule has 0 saturated heterocycles. The Hall–Kier alpha value is -3.91. The largest absolute Gasteiger partial charge is 0.493 e. The Morgan fingerprint density at radius 1 is 1.25 bits per heavy atom. The lowest BCUT2D eigenvalue weighted by molar-refractivity contribution is -0.123. The molecule has 3 aromatic rings. The first kappa shape index (κ1) is 17.5. The van der Waals surface area contributed by atoms with Crippen LogP contribution in [0.1, 0.15) is 24.2 Å². The highest BCUT2D eigenvalue weighted by molar-refractivity contribution is 5.90. The normalized spacial score (nSPS) is 14.1. The second-order valence-electron chi connectivity index (χ2n) is 6.57. The number of fused-ring (bicyclic) bond motifs is 1. The zero-order chi connectivity index (χ0) is 19.7. The summed E-state index contributed by atoms with van der Waals surface area (Å²) >= 11 is 0. The fourth-order valence-electron chi connectivity index (χ4n) is 3.20. The quantitative estimate of drug-likeness (QED) is 0.684. The lowest BCUT2D eigenvalue weighted by Crippen LogP contribution is -2.35. The van der Waals surface area contributed by atoms with Crippen LogP contribution in [0.15, 0.2) is 36.4 Å². The summed E-state index contributed by atoms with van der Waals surface area (Å²) in [7, 11) is 1.55. The lowest BCUT2D eigenvalue weighted by atomic mass is 10.1. The smallest absolute Gasteiger partial charge is 0.234 e. The molecule has 28 heavy (non-hydrogen) atoms. The van der Waals surface area contributed by atoms with E-state index in [1.165, 1.54) is 0 Å². The summed E-state index contributed by atoms with van der Waals surface area (Å²) in [6.07, 6.45) is 1.27. The van der Waals surface area contributed by atoms with E-state index >= 15 is 0 Å². The molecule has 1 N–H and O–H groups in total. The molecule has 1 aliphatic carbocycles. The first-order chi connectivity index (χ1) is 13.6. The minimum Gasteiger partial charge on any atom is -0.493 e. The summed E-state index contributed by atoms with van der Waals surface area (Å²) in [4.78, 5) is 17.1. The number of carbonyl (C=O) groups excluding carboxylic acids is 1. The summed E-state index contributed by atoms with van der Waals surface area (Å²) < 4.78 is 7.08. The molecule has 0 bridgehead atoms. The number of benzene rings is 1. The van der Waals surface area contributed by atoms with Gasteiger partial charge in [0.25, 0.3) is 0 Å². The van der Waals surface area contributed by atoms with E-state index in [9.17, 15) is 4.79 Å². The van der Waals surface area contributed by atoms with E-state index in [0.717, 1.165) is 11.3 Å². The van der Waals surface area contributed by atoms with Gasteiger partial charge in [0.2, 0.25) is 5.91 Å². The number of methoxy groups -OCH3 is 1. The third kappa shape index (κ3) is 2.72. The lowest BCUT2D eigenvalue weighted by Gasteiger charge is -2.09. The molecule has 138 valence electrons. The van der Waals surface area contributed by atoms with Crippen molar-refractivity contribution in [2.75, 3.05) is 13.7 Å². The molecule has 2 heterocycles. The number of hydrogen-bond donors (Lipinski definition) is 1. The van der Waals surface area contributed by atoms with Crippen molar-refractivity contribution in [1.82, 2.24) is 19.9 Å². The molecule has 1 aromatic carbocycles. The van der Waals surface area contributed by atoms with E-state index in [1.807, 2.05) is 24.3 Å². The van der Waals surface area contributed by atoms with E-state index in [-0.39, 0.29) is 12.5 Å². The first-order valence-corrected chi connectivity index (χ1v) is 8.73. The van der Waals surface area contributed by atoms with Crippen LogP contribution in [-0.2, 0) is 10.2 Å². The van der Waals surface area contributed by atoms with Crippen molar-refractivity contribution < 1.29 is 9.53 Å². The fourth-order valence-corrected chi connectivity index (χ4v) is 3.20. The topological polar surface area (TPSA) is 116 Å². The van der Waals surface area contributed by atoms with E-state index in [1.54, 1.807) is 29.8 Å². The van der Waals surface area contributed by atoms with Gasteiger partial charge in [-0.05, 0) is 37.1 Å². The van der Waals surface area contributed by atoms with Gasteiger partial charge >= 0.3 is 0 Å². The molecule has 0 spiro atoms. The zero-order valence-corrected chi connectivity index (χ0v) is 15.1. The van der Waals surface area contributed by atoms with Gasteiger partial charge in [0.1, 0.15) is 12.0 Å². The minimum absolute atomic E-state index is 0.0479. The summed E-state index contributed by atoms with van der Waals surface area (Å²) in [5, 5.41) is 25.0. The van der Waals surface area contributed by atoms with Crippen LogP contribution in [0.2, 0.25) is 0 Å². The van der Waals surface area contributed by atoms with Gasteiger partial charge in [-0.15, -0.1) is 5.10 Å². The third-order valence-corrected chi connectivity index (χ3v) is 4.92. The van der Waals surface area contributed by atoms with Crippen LogP contribution in [0.3, 0.4) is 0 Å². The monoisotopic (exact) mass is 372 g/mol. The molecule has 0 aliphatic heterocycles. The number of nitrogens with one attached hydrogen (secondary N) is 1. The maximum absolute atomic E-state index is 12.5. The van der Waals surface area contributed by atoms with E-state index < -0.39 is 5.41 Å². The number of rotatable bonds is 5. The number of amides is 1. The van der Waals surface area contributed by atoms with Crippen LogP contribution < -0.4 is 10.1 Å². The summed E-state index contributed by atoms with van der Waals surface area (Å²) in [5.74, 6) is 0.732. The Labute approximate surface area is 161 Å². The van der Waals surface area contributed by atoms with Gasteiger partial charge in [-0.1, -0.05) is 12.1 Å². The SMILES string of the molecule is COc1ccc(-c2ccc(C#N)cc2)n2nc(C3(C(=O)NCC#N)CC3)nc12. The van der Waals surface area contributed by atoms with Crippen molar-refractivity contribution in [2.24, 2.45) is 0 Å². The number of hydrogen-bond acceptors (Lipinski definition) is 6. The number of aromatic nitrogens is 3. The molecule has 8 nitrogen and oxygen atoms in total. The summed E-state index contributed by atoms with van der Waals surface area (Å²) in [5.41, 5.74) is 1.92. The predicted molar refractivity (Wildman–Crippen MR) is 99.2 cm³/mol. The number of nitrogens with zero attached hydrogens (tertiary/aromatic N) is 5. The maximum Gasteiger partial charge on any atom is 0.234 e. The van der Waals surface area contributed by atoms with Crippen molar-refractivity contribution in [3.05, 3.63) is 47.8 Å². The Balaban J connectivity index is 1.83. The molecule has 0 radical (unpaired) electrons. The molecule has 8 heteroatoms. The standard InChI is InChI=1S/C20H16N6O2/c1-28-16-7-6-15(14-4-2-13(12-22)3-5-14)26-17(16)24-18(25-26)20(8-9-20)19(27)23-11-10-21/h2-7H,8-9,11H2,1H3,(H,23,27). The average Bonchev–Trinajstić information content (AvgIpc) is 3.43. The third-order valence-electron chi connectivity index (χ3n) is 4.92. The van der Waals surface area contributed by atoms with Gasteiger partial charge in [-0.25, -0.2) is 9.50 Å². The molecule has 1 aliphatic rings. The Bertz CT molecular complexity index is 1150. The van der Waals surface area contributed by atoms with Crippen molar-refractivity contribution in [3.8, 4) is 29.1 Å². The van der Waals surface area contributed by atoms with E-state index in [4.69, 9.17) is 15.3 Å². The van der Waals surface area contributed by atoms with Crippen LogP contribution in [0.5, 0.6) is 5.75 Å². The van der Waals surface area contributed by atoms with Crippen molar-refractivity contribution in [2.45, 2.75) is 18.3 Å². The molecular formula is C20H16N6O2. The van der Waals surface area contributed by atoms with Gasteiger partial charge < -0.3 is 10.1 Å². The number of nitriles is 2. The molecule has 0 unspecified atom stereocenters.